The van der Waals surface area contributed by atoms with Crippen LogP contribution in [0.3, 0.4) is 0 Å². The summed E-state index contributed by atoms with van der Waals surface area (Å²) in [6, 6.07) is 3.65. The number of hydrogen-bond acceptors (Lipinski definition) is 5. The van der Waals surface area contributed by atoms with Crippen LogP contribution >= 0.6 is 0 Å². The van der Waals surface area contributed by atoms with E-state index in [2.05, 4.69) is 9.47 Å². The van der Waals surface area contributed by atoms with Crippen LogP contribution in [0.1, 0.15) is 18.6 Å². The maximum atomic E-state index is 11.4. The van der Waals surface area contributed by atoms with Gasteiger partial charge in [-0.05, 0) is 25.0 Å². The summed E-state index contributed by atoms with van der Waals surface area (Å²) in [5.41, 5.74) is 0. The molecule has 5 heteroatoms. The molecule has 0 spiro atoms. The summed E-state index contributed by atoms with van der Waals surface area (Å²) in [5.74, 6) is -1.13. The maximum absolute atomic E-state index is 11.4. The second-order valence-corrected chi connectivity index (χ2v) is 3.57. The SMILES string of the molecule is COC(=O)C(CCCc1ccco1)C(=O)OC. The largest absolute Gasteiger partial charge is 0.469 e. The standard InChI is InChI=1S/C12H16O5/c1-15-11(13)10(12(14)16-2)7-3-5-9-6-4-8-17-9/h4,6,8,10H,3,5,7H2,1-2H3. The molecule has 0 unspecified atom stereocenters. The van der Waals surface area contributed by atoms with Crippen molar-refractivity contribution in [1.82, 2.24) is 0 Å². The Bertz CT molecular complexity index is 339. The third-order valence-electron chi connectivity index (χ3n) is 2.47. The summed E-state index contributed by atoms with van der Waals surface area (Å²) in [5, 5.41) is 0. The number of aryl methyl sites for hydroxylation is 1. The monoisotopic (exact) mass is 240 g/mol. The van der Waals surface area contributed by atoms with Gasteiger partial charge in [0.05, 0.1) is 20.5 Å². The van der Waals surface area contributed by atoms with Gasteiger partial charge >= 0.3 is 11.9 Å². The molecule has 0 aromatic carbocycles. The van der Waals surface area contributed by atoms with E-state index in [1.54, 1.807) is 12.3 Å². The van der Waals surface area contributed by atoms with Crippen molar-refractivity contribution in [2.24, 2.45) is 5.92 Å². The predicted molar refractivity (Wildman–Crippen MR) is 59.2 cm³/mol. The van der Waals surface area contributed by atoms with Gasteiger partial charge in [-0.15, -0.1) is 0 Å². The molecule has 1 aromatic rings. The molecule has 94 valence electrons. The average molecular weight is 240 g/mol. The van der Waals surface area contributed by atoms with Crippen molar-refractivity contribution < 1.29 is 23.5 Å². The highest BCUT2D eigenvalue weighted by molar-refractivity contribution is 5.94. The van der Waals surface area contributed by atoms with Gasteiger partial charge in [0.15, 0.2) is 5.92 Å². The first-order valence-electron chi connectivity index (χ1n) is 5.37. The van der Waals surface area contributed by atoms with Gasteiger partial charge in [-0.25, -0.2) is 0 Å². The smallest absolute Gasteiger partial charge is 0.320 e. The number of esters is 2. The Kier molecular flexibility index (Phi) is 5.26. The van der Waals surface area contributed by atoms with Crippen LogP contribution in [0.2, 0.25) is 0 Å². The lowest BCUT2D eigenvalue weighted by molar-refractivity contribution is -0.159. The fraction of sp³-hybridized carbons (Fsp3) is 0.500. The Morgan fingerprint density at radius 2 is 1.94 bits per heavy atom. The van der Waals surface area contributed by atoms with Crippen LogP contribution in [-0.2, 0) is 25.5 Å². The van der Waals surface area contributed by atoms with E-state index in [-0.39, 0.29) is 0 Å². The Balaban J connectivity index is 2.44. The molecule has 0 atom stereocenters. The van der Waals surface area contributed by atoms with Gasteiger partial charge in [0.2, 0.25) is 0 Å². The van der Waals surface area contributed by atoms with Crippen LogP contribution in [0.4, 0.5) is 0 Å². The van der Waals surface area contributed by atoms with Crippen LogP contribution < -0.4 is 0 Å². The minimum Gasteiger partial charge on any atom is -0.469 e. The molecule has 0 aliphatic carbocycles. The van der Waals surface area contributed by atoms with Gasteiger partial charge < -0.3 is 13.9 Å². The molecule has 0 saturated carbocycles. The Morgan fingerprint density at radius 3 is 2.41 bits per heavy atom. The topological polar surface area (TPSA) is 65.7 Å². The molecular weight excluding hydrogens is 224 g/mol. The minimum absolute atomic E-state index is 0.389. The van der Waals surface area contributed by atoms with E-state index < -0.39 is 17.9 Å². The van der Waals surface area contributed by atoms with E-state index in [9.17, 15) is 9.59 Å². The Hall–Kier alpha value is -1.78. The van der Waals surface area contributed by atoms with Crippen LogP contribution in [-0.4, -0.2) is 26.2 Å². The molecule has 0 N–H and O–H groups in total. The summed E-state index contributed by atoms with van der Waals surface area (Å²) in [6.07, 6.45) is 3.31. The second-order valence-electron chi connectivity index (χ2n) is 3.57. The van der Waals surface area contributed by atoms with Gasteiger partial charge in [-0.3, -0.25) is 9.59 Å². The van der Waals surface area contributed by atoms with Crippen molar-refractivity contribution >= 4 is 11.9 Å². The molecule has 1 aromatic heterocycles. The highest BCUT2D eigenvalue weighted by Gasteiger charge is 2.27. The molecule has 0 fully saturated rings. The van der Waals surface area contributed by atoms with E-state index in [1.165, 1.54) is 14.2 Å². The second kappa shape index (κ2) is 6.73. The molecule has 0 aliphatic rings. The number of rotatable bonds is 6. The Labute approximate surface area is 99.7 Å². The van der Waals surface area contributed by atoms with Gasteiger partial charge in [0.1, 0.15) is 5.76 Å². The van der Waals surface area contributed by atoms with E-state index in [4.69, 9.17) is 4.42 Å². The number of methoxy groups -OCH3 is 2. The van der Waals surface area contributed by atoms with Crippen molar-refractivity contribution in [1.29, 1.82) is 0 Å². The van der Waals surface area contributed by atoms with Crippen LogP contribution in [0.15, 0.2) is 22.8 Å². The summed E-state index contributed by atoms with van der Waals surface area (Å²) in [4.78, 5) is 22.7. The zero-order valence-corrected chi connectivity index (χ0v) is 9.97. The molecule has 17 heavy (non-hydrogen) atoms. The van der Waals surface area contributed by atoms with Crippen LogP contribution in [0.5, 0.6) is 0 Å². The zero-order valence-electron chi connectivity index (χ0n) is 9.97. The van der Waals surface area contributed by atoms with E-state index >= 15 is 0 Å². The summed E-state index contributed by atoms with van der Waals surface area (Å²) >= 11 is 0. The number of hydrogen-bond donors (Lipinski definition) is 0. The van der Waals surface area contributed by atoms with E-state index in [0.717, 1.165) is 5.76 Å². The van der Waals surface area contributed by atoms with Gasteiger partial charge in [-0.1, -0.05) is 0 Å². The van der Waals surface area contributed by atoms with Crippen LogP contribution in [0.25, 0.3) is 0 Å². The number of furan rings is 1. The lowest BCUT2D eigenvalue weighted by atomic mass is 10.0. The van der Waals surface area contributed by atoms with Crippen molar-refractivity contribution in [3.05, 3.63) is 24.2 Å². The first kappa shape index (κ1) is 13.3. The molecule has 0 saturated heterocycles. The molecular formula is C12H16O5. The van der Waals surface area contributed by atoms with Gasteiger partial charge in [0.25, 0.3) is 0 Å². The molecule has 1 rings (SSSR count). The van der Waals surface area contributed by atoms with E-state index in [0.29, 0.717) is 19.3 Å². The summed E-state index contributed by atoms with van der Waals surface area (Å²) < 4.78 is 14.3. The summed E-state index contributed by atoms with van der Waals surface area (Å²) in [6.45, 7) is 0. The maximum Gasteiger partial charge on any atom is 0.320 e. The molecule has 0 aliphatic heterocycles. The Morgan fingerprint density at radius 1 is 1.29 bits per heavy atom. The predicted octanol–water partition coefficient (Wildman–Crippen LogP) is 1.56. The lowest BCUT2D eigenvalue weighted by Crippen LogP contribution is -2.26. The first-order chi connectivity index (χ1) is 8.19. The molecule has 0 radical (unpaired) electrons. The van der Waals surface area contributed by atoms with Crippen LogP contribution in [0, 0.1) is 5.92 Å². The van der Waals surface area contributed by atoms with Crippen molar-refractivity contribution in [2.75, 3.05) is 14.2 Å². The fourth-order valence-corrected chi connectivity index (χ4v) is 1.55. The van der Waals surface area contributed by atoms with Crippen molar-refractivity contribution in [3.8, 4) is 0 Å². The first-order valence-corrected chi connectivity index (χ1v) is 5.37. The third-order valence-corrected chi connectivity index (χ3v) is 2.47. The molecule has 0 bridgehead atoms. The molecule has 1 heterocycles. The van der Waals surface area contributed by atoms with Gasteiger partial charge in [-0.2, -0.15) is 0 Å². The van der Waals surface area contributed by atoms with E-state index in [1.807, 2.05) is 6.07 Å². The third kappa shape index (κ3) is 3.94. The van der Waals surface area contributed by atoms with Gasteiger partial charge in [0, 0.05) is 6.42 Å². The average Bonchev–Trinajstić information content (AvgIpc) is 2.86. The highest BCUT2D eigenvalue weighted by atomic mass is 16.5. The number of carbonyl (C=O) groups is 2. The molecule has 0 amide bonds. The number of carbonyl (C=O) groups excluding carboxylic acids is 2. The minimum atomic E-state index is -0.847. The zero-order chi connectivity index (χ0) is 12.7. The highest BCUT2D eigenvalue weighted by Crippen LogP contribution is 2.14. The normalized spacial score (nSPS) is 10.3. The quantitative estimate of drug-likeness (QED) is 0.557. The van der Waals surface area contributed by atoms with Crippen molar-refractivity contribution in [2.45, 2.75) is 19.3 Å². The summed E-state index contributed by atoms with van der Waals surface area (Å²) in [7, 11) is 2.51. The number of ether oxygens (including phenoxy) is 2. The lowest BCUT2D eigenvalue weighted by Gasteiger charge is -2.11. The molecule has 5 nitrogen and oxygen atoms in total. The fourth-order valence-electron chi connectivity index (χ4n) is 1.55. The van der Waals surface area contributed by atoms with Crippen molar-refractivity contribution in [3.63, 3.8) is 0 Å².